The quantitative estimate of drug-likeness (QED) is 0.838. The Kier molecular flexibility index (Phi) is 5.71. The molecule has 1 aromatic heterocycles. The summed E-state index contributed by atoms with van der Waals surface area (Å²) in [6.07, 6.45) is -1.40. The van der Waals surface area contributed by atoms with Crippen molar-refractivity contribution < 1.29 is 28.6 Å². The molecule has 0 bridgehead atoms. The largest absolute Gasteiger partial charge is 0.486 e. The molecule has 3 rings (SSSR count). The molecular weight excluding hydrogens is 375 g/mol. The van der Waals surface area contributed by atoms with Gasteiger partial charge < -0.3 is 19.5 Å². The lowest BCUT2D eigenvalue weighted by atomic mass is 10.2. The number of aliphatic carboxylic acids is 1. The molecule has 1 fully saturated rings. The number of ether oxygens (including phenoxy) is 2. The highest BCUT2D eigenvalue weighted by atomic mass is 32.1. The molecule has 0 aliphatic carbocycles. The van der Waals surface area contributed by atoms with Gasteiger partial charge in [-0.05, 0) is 38.1 Å². The van der Waals surface area contributed by atoms with Crippen molar-refractivity contribution in [2.24, 2.45) is 0 Å². The summed E-state index contributed by atoms with van der Waals surface area (Å²) in [5, 5.41) is 9.78. The van der Waals surface area contributed by atoms with Crippen LogP contribution >= 0.6 is 11.3 Å². The number of benzene rings is 1. The van der Waals surface area contributed by atoms with Gasteiger partial charge in [0, 0.05) is 6.54 Å². The molecule has 9 heteroatoms. The van der Waals surface area contributed by atoms with E-state index in [4.69, 9.17) is 14.6 Å². The summed E-state index contributed by atoms with van der Waals surface area (Å²) in [5.41, 5.74) is 0.564. The first kappa shape index (κ1) is 19.2. The van der Waals surface area contributed by atoms with Gasteiger partial charge in [-0.25, -0.2) is 14.2 Å². The van der Waals surface area contributed by atoms with Crippen LogP contribution in [0.1, 0.15) is 27.3 Å². The van der Waals surface area contributed by atoms with Gasteiger partial charge in [0.1, 0.15) is 28.1 Å². The van der Waals surface area contributed by atoms with Gasteiger partial charge in [0.15, 0.2) is 6.10 Å². The van der Waals surface area contributed by atoms with E-state index in [2.05, 4.69) is 4.98 Å². The number of amides is 1. The second-order valence-electron chi connectivity index (χ2n) is 6.25. The average Bonchev–Trinajstić information content (AvgIpc) is 3.00. The van der Waals surface area contributed by atoms with Gasteiger partial charge in [0.05, 0.1) is 18.3 Å². The molecule has 2 aromatic rings. The van der Waals surface area contributed by atoms with Crippen LogP contribution in [0.4, 0.5) is 4.39 Å². The van der Waals surface area contributed by atoms with Crippen LogP contribution in [0, 0.1) is 12.7 Å². The third kappa shape index (κ3) is 4.61. The highest BCUT2D eigenvalue weighted by Gasteiger charge is 2.34. The molecule has 1 N–H and O–H groups in total. The third-order valence-electron chi connectivity index (χ3n) is 4.03. The first-order valence-corrected chi connectivity index (χ1v) is 9.17. The molecule has 0 radical (unpaired) electrons. The van der Waals surface area contributed by atoms with Crippen molar-refractivity contribution in [1.82, 2.24) is 9.88 Å². The molecule has 2 heterocycles. The smallest absolute Gasteiger partial charge is 0.334 e. The fraction of sp³-hybridized carbons (Fsp3) is 0.389. The Bertz CT molecular complexity index is 839. The fourth-order valence-electron chi connectivity index (χ4n) is 2.79. The molecule has 144 valence electrons. The molecule has 27 heavy (non-hydrogen) atoms. The van der Waals surface area contributed by atoms with Crippen molar-refractivity contribution >= 4 is 23.2 Å². The number of morpholine rings is 1. The number of rotatable bonds is 5. The number of halogens is 1. The van der Waals surface area contributed by atoms with E-state index in [1.54, 1.807) is 13.8 Å². The van der Waals surface area contributed by atoms with Crippen molar-refractivity contribution in [2.75, 3.05) is 13.1 Å². The van der Waals surface area contributed by atoms with Gasteiger partial charge in [-0.1, -0.05) is 0 Å². The van der Waals surface area contributed by atoms with Crippen LogP contribution < -0.4 is 4.74 Å². The minimum absolute atomic E-state index is 0.00272. The average molecular weight is 394 g/mol. The lowest BCUT2D eigenvalue weighted by Gasteiger charge is -2.34. The molecule has 1 amide bonds. The standard InChI is InChI=1S/C18H19FN2O5S/c1-10-7-21(8-14(26-10)18(23)24)17(22)16-11(2)20-15(27-16)9-25-13-5-3-12(19)4-6-13/h3-6,10,14H,7-9H2,1-2H3,(H,23,24)/t10-,14?/m1/s1. The fourth-order valence-corrected chi connectivity index (χ4v) is 3.73. The maximum Gasteiger partial charge on any atom is 0.334 e. The van der Waals surface area contributed by atoms with Gasteiger partial charge in [-0.2, -0.15) is 0 Å². The molecule has 7 nitrogen and oxygen atoms in total. The van der Waals surface area contributed by atoms with Crippen LogP contribution in [0.25, 0.3) is 0 Å². The van der Waals surface area contributed by atoms with E-state index < -0.39 is 12.1 Å². The van der Waals surface area contributed by atoms with Crippen LogP contribution in [0.2, 0.25) is 0 Å². The highest BCUT2D eigenvalue weighted by Crippen LogP contribution is 2.24. The van der Waals surface area contributed by atoms with E-state index in [0.717, 1.165) is 0 Å². The van der Waals surface area contributed by atoms with Crippen molar-refractivity contribution in [2.45, 2.75) is 32.7 Å². The van der Waals surface area contributed by atoms with Crippen LogP contribution in [0.3, 0.4) is 0 Å². The predicted molar refractivity (Wildman–Crippen MR) is 95.5 cm³/mol. The minimum Gasteiger partial charge on any atom is -0.486 e. The number of nitrogens with zero attached hydrogens (tertiary/aromatic N) is 2. The van der Waals surface area contributed by atoms with Crippen LogP contribution in [-0.2, 0) is 16.1 Å². The number of thiazole rings is 1. The first-order chi connectivity index (χ1) is 12.8. The van der Waals surface area contributed by atoms with Crippen LogP contribution in [-0.4, -0.2) is 52.2 Å². The normalized spacial score (nSPS) is 19.7. The van der Waals surface area contributed by atoms with E-state index in [0.29, 0.717) is 27.9 Å². The maximum atomic E-state index is 12.9. The Balaban J connectivity index is 1.68. The summed E-state index contributed by atoms with van der Waals surface area (Å²) in [6.45, 7) is 3.93. The second-order valence-corrected chi connectivity index (χ2v) is 7.33. The van der Waals surface area contributed by atoms with Gasteiger partial charge in [0.25, 0.3) is 5.91 Å². The monoisotopic (exact) mass is 394 g/mol. The van der Waals surface area contributed by atoms with Gasteiger partial charge in [0.2, 0.25) is 0 Å². The van der Waals surface area contributed by atoms with E-state index in [9.17, 15) is 14.0 Å². The summed E-state index contributed by atoms with van der Waals surface area (Å²) >= 11 is 1.20. The molecule has 1 aromatic carbocycles. The molecule has 1 saturated heterocycles. The van der Waals surface area contributed by atoms with Crippen molar-refractivity contribution in [3.05, 3.63) is 45.7 Å². The van der Waals surface area contributed by atoms with E-state index in [-0.39, 0.29) is 31.0 Å². The molecular formula is C18H19FN2O5S. The number of carbonyl (C=O) groups excluding carboxylic acids is 1. The van der Waals surface area contributed by atoms with Crippen LogP contribution in [0.15, 0.2) is 24.3 Å². The van der Waals surface area contributed by atoms with E-state index in [1.807, 2.05) is 0 Å². The number of carbonyl (C=O) groups is 2. The second kappa shape index (κ2) is 8.01. The molecule has 1 aliphatic heterocycles. The summed E-state index contributed by atoms with van der Waals surface area (Å²) < 4.78 is 23.8. The number of aryl methyl sites for hydroxylation is 1. The number of hydrogen-bond acceptors (Lipinski definition) is 6. The topological polar surface area (TPSA) is 89.0 Å². The Morgan fingerprint density at radius 2 is 2.07 bits per heavy atom. The Morgan fingerprint density at radius 1 is 1.37 bits per heavy atom. The lowest BCUT2D eigenvalue weighted by Crippen LogP contribution is -2.51. The SMILES string of the molecule is Cc1nc(COc2ccc(F)cc2)sc1C(=O)N1CC(C(=O)O)O[C@H](C)C1. The lowest BCUT2D eigenvalue weighted by molar-refractivity contribution is -0.160. The predicted octanol–water partition coefficient (Wildman–Crippen LogP) is 2.48. The third-order valence-corrected chi connectivity index (χ3v) is 5.15. The van der Waals surface area contributed by atoms with E-state index >= 15 is 0 Å². The Morgan fingerprint density at radius 3 is 2.74 bits per heavy atom. The first-order valence-electron chi connectivity index (χ1n) is 8.35. The summed E-state index contributed by atoms with van der Waals surface area (Å²) in [7, 11) is 0. The summed E-state index contributed by atoms with van der Waals surface area (Å²) in [5.74, 6) is -1.20. The molecule has 0 saturated carbocycles. The number of hydrogen-bond donors (Lipinski definition) is 1. The minimum atomic E-state index is -1.09. The molecule has 1 unspecified atom stereocenters. The molecule has 2 atom stereocenters. The van der Waals surface area contributed by atoms with Crippen molar-refractivity contribution in [3.8, 4) is 5.75 Å². The highest BCUT2D eigenvalue weighted by molar-refractivity contribution is 7.13. The number of aromatic nitrogens is 1. The van der Waals surface area contributed by atoms with Crippen LogP contribution in [0.5, 0.6) is 5.75 Å². The molecule has 1 aliphatic rings. The van der Waals surface area contributed by atoms with Crippen molar-refractivity contribution in [1.29, 1.82) is 0 Å². The Labute approximate surface area is 159 Å². The van der Waals surface area contributed by atoms with Crippen molar-refractivity contribution in [3.63, 3.8) is 0 Å². The zero-order valence-corrected chi connectivity index (χ0v) is 15.7. The van der Waals surface area contributed by atoms with E-state index in [1.165, 1.54) is 40.5 Å². The summed E-state index contributed by atoms with van der Waals surface area (Å²) in [4.78, 5) is 30.3. The van der Waals surface area contributed by atoms with Gasteiger partial charge in [-0.3, -0.25) is 4.79 Å². The molecule has 0 spiro atoms. The van der Waals surface area contributed by atoms with Gasteiger partial charge in [-0.15, -0.1) is 11.3 Å². The van der Waals surface area contributed by atoms with Gasteiger partial charge >= 0.3 is 5.97 Å². The Hall–Kier alpha value is -2.52. The zero-order valence-electron chi connectivity index (χ0n) is 14.8. The number of carboxylic acids is 1. The zero-order chi connectivity index (χ0) is 19.6. The summed E-state index contributed by atoms with van der Waals surface area (Å²) in [6, 6.07) is 5.64. The number of carboxylic acid groups (broad SMARTS) is 1. The maximum absolute atomic E-state index is 12.9.